The maximum absolute atomic E-state index is 5.43. The summed E-state index contributed by atoms with van der Waals surface area (Å²) >= 11 is 1.52. The Bertz CT molecular complexity index is 722. The average molecular weight is 284 g/mol. The lowest BCUT2D eigenvalue weighted by atomic mass is 9.94. The van der Waals surface area contributed by atoms with E-state index in [0.717, 1.165) is 18.7 Å². The van der Waals surface area contributed by atoms with Crippen LogP contribution < -0.4 is 5.32 Å². The van der Waals surface area contributed by atoms with Crippen molar-refractivity contribution in [3.63, 3.8) is 0 Å². The Morgan fingerprint density at radius 1 is 1.30 bits per heavy atom. The molecule has 4 rings (SSSR count). The van der Waals surface area contributed by atoms with Gasteiger partial charge in [0.15, 0.2) is 0 Å². The fourth-order valence-corrected chi connectivity index (χ4v) is 3.03. The highest BCUT2D eigenvalue weighted by Crippen LogP contribution is 2.28. The molecule has 20 heavy (non-hydrogen) atoms. The summed E-state index contributed by atoms with van der Waals surface area (Å²) in [7, 11) is 0. The Labute approximate surface area is 119 Å². The second kappa shape index (κ2) is 4.81. The van der Waals surface area contributed by atoms with Crippen LogP contribution in [-0.4, -0.2) is 21.7 Å². The first-order chi connectivity index (χ1) is 9.92. The molecular weight excluding hydrogens is 272 g/mol. The van der Waals surface area contributed by atoms with Gasteiger partial charge in [0, 0.05) is 11.9 Å². The predicted molar refractivity (Wildman–Crippen MR) is 75.4 cm³/mol. The summed E-state index contributed by atoms with van der Waals surface area (Å²) in [5, 5.41) is 9.37. The van der Waals surface area contributed by atoms with Gasteiger partial charge in [-0.25, -0.2) is 4.98 Å². The van der Waals surface area contributed by atoms with Crippen molar-refractivity contribution in [2.45, 2.75) is 12.5 Å². The molecule has 0 amide bonds. The number of rotatable bonds is 2. The number of fused-ring (bicyclic) bond motifs is 1. The summed E-state index contributed by atoms with van der Waals surface area (Å²) in [6.07, 6.45) is 1.03. The molecule has 0 radical (unpaired) electrons. The lowest BCUT2D eigenvalue weighted by molar-refractivity contribution is 0.344. The molecule has 1 aliphatic heterocycles. The van der Waals surface area contributed by atoms with Crippen LogP contribution in [-0.2, 0) is 6.42 Å². The van der Waals surface area contributed by atoms with Gasteiger partial charge in [0.05, 0.1) is 5.51 Å². The minimum atomic E-state index is -0.0279. The second-order valence-electron chi connectivity index (χ2n) is 4.67. The van der Waals surface area contributed by atoms with Crippen LogP contribution in [0.1, 0.15) is 23.1 Å². The molecule has 0 spiro atoms. The number of hydrogen-bond acceptors (Lipinski definition) is 6. The number of thiazole rings is 1. The van der Waals surface area contributed by atoms with E-state index in [1.54, 1.807) is 5.51 Å². The second-order valence-corrected chi connectivity index (χ2v) is 5.38. The highest BCUT2D eigenvalue weighted by atomic mass is 32.1. The van der Waals surface area contributed by atoms with E-state index in [-0.39, 0.29) is 6.04 Å². The maximum atomic E-state index is 5.43. The van der Waals surface area contributed by atoms with Gasteiger partial charge < -0.3 is 9.84 Å². The van der Waals surface area contributed by atoms with Crippen LogP contribution in [0.15, 0.2) is 39.7 Å². The van der Waals surface area contributed by atoms with E-state index in [9.17, 15) is 0 Å². The molecule has 0 bridgehead atoms. The maximum Gasteiger partial charge on any atom is 0.248 e. The molecule has 0 saturated carbocycles. The van der Waals surface area contributed by atoms with Crippen LogP contribution in [0.3, 0.4) is 0 Å². The van der Waals surface area contributed by atoms with Crippen molar-refractivity contribution >= 4 is 11.3 Å². The van der Waals surface area contributed by atoms with E-state index in [1.165, 1.54) is 22.5 Å². The van der Waals surface area contributed by atoms with Crippen LogP contribution in [0.5, 0.6) is 0 Å². The van der Waals surface area contributed by atoms with E-state index in [1.807, 2.05) is 11.4 Å². The Balaban J connectivity index is 1.72. The molecule has 6 heteroatoms. The van der Waals surface area contributed by atoms with Gasteiger partial charge in [-0.3, -0.25) is 0 Å². The molecule has 2 aromatic heterocycles. The molecule has 1 atom stereocenters. The van der Waals surface area contributed by atoms with Gasteiger partial charge in [-0.15, -0.1) is 11.3 Å². The first-order valence-electron chi connectivity index (χ1n) is 6.45. The van der Waals surface area contributed by atoms with Crippen LogP contribution in [0.25, 0.3) is 11.5 Å². The van der Waals surface area contributed by atoms with Crippen LogP contribution >= 0.6 is 11.3 Å². The third kappa shape index (κ3) is 1.93. The predicted octanol–water partition coefficient (Wildman–Crippen LogP) is 2.43. The summed E-state index contributed by atoms with van der Waals surface area (Å²) < 4.78 is 5.43. The zero-order chi connectivity index (χ0) is 13.4. The van der Waals surface area contributed by atoms with E-state index in [0.29, 0.717) is 11.7 Å². The lowest BCUT2D eigenvalue weighted by Crippen LogP contribution is -2.30. The zero-order valence-corrected chi connectivity index (χ0v) is 11.4. The molecule has 3 heterocycles. The van der Waals surface area contributed by atoms with Crippen molar-refractivity contribution in [3.05, 3.63) is 52.2 Å². The summed E-state index contributed by atoms with van der Waals surface area (Å²) in [6.45, 7) is 0.913. The molecule has 0 fully saturated rings. The van der Waals surface area contributed by atoms with Crippen molar-refractivity contribution in [3.8, 4) is 11.5 Å². The number of aromatic nitrogens is 3. The molecule has 1 N–H and O–H groups in total. The highest BCUT2D eigenvalue weighted by molar-refractivity contribution is 7.07. The normalized spacial score (nSPS) is 17.9. The summed E-state index contributed by atoms with van der Waals surface area (Å²) in [5.74, 6) is 1.14. The zero-order valence-electron chi connectivity index (χ0n) is 10.6. The molecule has 3 aromatic rings. The molecule has 1 aliphatic rings. The van der Waals surface area contributed by atoms with Gasteiger partial charge in [-0.05, 0) is 17.5 Å². The summed E-state index contributed by atoms with van der Waals surface area (Å²) in [4.78, 5) is 8.68. The van der Waals surface area contributed by atoms with Crippen molar-refractivity contribution in [1.29, 1.82) is 0 Å². The van der Waals surface area contributed by atoms with Gasteiger partial charge in [-0.2, -0.15) is 4.98 Å². The number of nitrogens with zero attached hydrogens (tertiary/aromatic N) is 3. The Hall–Kier alpha value is -2.05. The highest BCUT2D eigenvalue weighted by Gasteiger charge is 2.26. The molecular formula is C14H12N4OS. The molecule has 1 unspecified atom stereocenters. The number of nitrogens with one attached hydrogen (secondary N) is 1. The quantitative estimate of drug-likeness (QED) is 0.783. The smallest absolute Gasteiger partial charge is 0.248 e. The minimum absolute atomic E-state index is 0.0279. The van der Waals surface area contributed by atoms with Crippen molar-refractivity contribution in [2.75, 3.05) is 6.54 Å². The standard InChI is InChI=1S/C14H12N4OS/c1-2-4-10-9(3-1)5-6-15-12(10)14-17-13(18-19-14)11-7-20-8-16-11/h1-4,7-8,12,15H,5-6H2. The fraction of sp³-hybridized carbons (Fsp3) is 0.214. The molecule has 100 valence electrons. The Morgan fingerprint density at radius 2 is 2.25 bits per heavy atom. The van der Waals surface area contributed by atoms with Gasteiger partial charge in [0.25, 0.3) is 0 Å². The van der Waals surface area contributed by atoms with E-state index < -0.39 is 0 Å². The first-order valence-corrected chi connectivity index (χ1v) is 7.39. The summed E-state index contributed by atoms with van der Waals surface area (Å²) in [5.41, 5.74) is 5.07. The topological polar surface area (TPSA) is 63.8 Å². The minimum Gasteiger partial charge on any atom is -0.337 e. The largest absolute Gasteiger partial charge is 0.337 e. The van der Waals surface area contributed by atoms with Gasteiger partial charge in [0.2, 0.25) is 11.7 Å². The van der Waals surface area contributed by atoms with Gasteiger partial charge in [-0.1, -0.05) is 29.4 Å². The lowest BCUT2D eigenvalue weighted by Gasteiger charge is -2.23. The van der Waals surface area contributed by atoms with E-state index >= 15 is 0 Å². The SMILES string of the molecule is c1ccc2c(c1)CCNC2c1nc(-c2cscn2)no1. The monoisotopic (exact) mass is 284 g/mol. The molecule has 1 aromatic carbocycles. The molecule has 0 saturated heterocycles. The van der Waals surface area contributed by atoms with Gasteiger partial charge >= 0.3 is 0 Å². The molecule has 5 nitrogen and oxygen atoms in total. The number of benzene rings is 1. The van der Waals surface area contributed by atoms with Gasteiger partial charge in [0.1, 0.15) is 11.7 Å². The van der Waals surface area contributed by atoms with Crippen LogP contribution in [0.4, 0.5) is 0 Å². The van der Waals surface area contributed by atoms with Crippen molar-refractivity contribution < 1.29 is 4.52 Å². The van der Waals surface area contributed by atoms with Crippen LogP contribution in [0.2, 0.25) is 0 Å². The number of hydrogen-bond donors (Lipinski definition) is 1. The third-order valence-corrected chi connectivity index (χ3v) is 4.05. The Kier molecular flexibility index (Phi) is 2.82. The summed E-state index contributed by atoms with van der Waals surface area (Å²) in [6, 6.07) is 8.34. The third-order valence-electron chi connectivity index (χ3n) is 3.46. The molecule has 0 aliphatic carbocycles. The fourth-order valence-electron chi connectivity index (χ4n) is 2.50. The first kappa shape index (κ1) is 11.7. The van der Waals surface area contributed by atoms with Crippen molar-refractivity contribution in [2.24, 2.45) is 0 Å². The average Bonchev–Trinajstić information content (AvgIpc) is 3.17. The van der Waals surface area contributed by atoms with E-state index in [2.05, 4.69) is 38.6 Å². The van der Waals surface area contributed by atoms with Crippen molar-refractivity contribution in [1.82, 2.24) is 20.4 Å². The van der Waals surface area contributed by atoms with Crippen LogP contribution in [0, 0.1) is 0 Å². The van der Waals surface area contributed by atoms with E-state index in [4.69, 9.17) is 4.52 Å². The Morgan fingerprint density at radius 3 is 3.15 bits per heavy atom.